The van der Waals surface area contributed by atoms with E-state index in [4.69, 9.17) is 5.84 Å². The highest BCUT2D eigenvalue weighted by atomic mass is 16.1. The molecule has 4 nitrogen and oxygen atoms in total. The van der Waals surface area contributed by atoms with E-state index in [2.05, 4.69) is 10.4 Å². The zero-order valence-electron chi connectivity index (χ0n) is 5.42. The first kappa shape index (κ1) is 6.98. The van der Waals surface area contributed by atoms with Crippen LogP contribution in [0.5, 0.6) is 0 Å². The third-order valence-electron chi connectivity index (χ3n) is 1.15. The Morgan fingerprint density at radius 2 is 2.40 bits per heavy atom. The third kappa shape index (κ3) is 1.68. The standard InChI is InChI=1S/C6H9N3O/c7-9-4-5-1-2-6(10)8-3-5/h1-3,9H,4,7H2,(H,8,10). The molecule has 1 rings (SSSR count). The zero-order chi connectivity index (χ0) is 7.40. The number of aromatic nitrogens is 1. The van der Waals surface area contributed by atoms with E-state index in [-0.39, 0.29) is 5.56 Å². The second kappa shape index (κ2) is 3.14. The first-order valence-corrected chi connectivity index (χ1v) is 2.94. The molecule has 1 aromatic heterocycles. The van der Waals surface area contributed by atoms with Gasteiger partial charge in [0.25, 0.3) is 0 Å². The van der Waals surface area contributed by atoms with Crippen LogP contribution in [0.25, 0.3) is 0 Å². The van der Waals surface area contributed by atoms with Crippen LogP contribution in [-0.2, 0) is 6.54 Å². The summed E-state index contributed by atoms with van der Waals surface area (Å²) in [5.41, 5.74) is 3.35. The molecule has 54 valence electrons. The first-order chi connectivity index (χ1) is 4.83. The number of nitrogens with two attached hydrogens (primary N) is 1. The van der Waals surface area contributed by atoms with Crippen LogP contribution in [0.2, 0.25) is 0 Å². The Labute approximate surface area is 58.0 Å². The number of aromatic amines is 1. The molecule has 0 aliphatic heterocycles. The largest absolute Gasteiger partial charge is 0.329 e. The van der Waals surface area contributed by atoms with Crippen molar-refractivity contribution in [2.45, 2.75) is 6.54 Å². The van der Waals surface area contributed by atoms with Gasteiger partial charge < -0.3 is 4.98 Å². The smallest absolute Gasteiger partial charge is 0.247 e. The second-order valence-electron chi connectivity index (χ2n) is 1.94. The fraction of sp³-hybridized carbons (Fsp3) is 0.167. The van der Waals surface area contributed by atoms with Crippen molar-refractivity contribution >= 4 is 0 Å². The SMILES string of the molecule is NNCc1ccc(=O)[nH]c1. The van der Waals surface area contributed by atoms with Gasteiger partial charge in [-0.25, -0.2) is 0 Å². The Morgan fingerprint density at radius 3 is 2.90 bits per heavy atom. The average Bonchev–Trinajstić information content (AvgIpc) is 1.95. The molecular formula is C6H9N3O. The number of hydrogen-bond donors (Lipinski definition) is 3. The van der Waals surface area contributed by atoms with Crippen molar-refractivity contribution in [3.05, 3.63) is 34.2 Å². The summed E-state index contributed by atoms with van der Waals surface area (Å²) in [5, 5.41) is 0. The molecule has 0 saturated heterocycles. The van der Waals surface area contributed by atoms with Crippen molar-refractivity contribution in [2.75, 3.05) is 0 Å². The van der Waals surface area contributed by atoms with Crippen LogP contribution in [-0.4, -0.2) is 4.98 Å². The highest BCUT2D eigenvalue weighted by molar-refractivity contribution is 5.07. The predicted molar refractivity (Wildman–Crippen MR) is 38.1 cm³/mol. The average molecular weight is 139 g/mol. The summed E-state index contributed by atoms with van der Waals surface area (Å²) in [6.07, 6.45) is 1.63. The van der Waals surface area contributed by atoms with Crippen LogP contribution in [0.1, 0.15) is 5.56 Å². The molecule has 0 aliphatic carbocycles. The van der Waals surface area contributed by atoms with Crippen LogP contribution in [0.4, 0.5) is 0 Å². The Balaban J connectivity index is 2.79. The van der Waals surface area contributed by atoms with Crippen LogP contribution in [0.15, 0.2) is 23.1 Å². The number of hydrazine groups is 1. The molecule has 1 heterocycles. The lowest BCUT2D eigenvalue weighted by atomic mass is 10.3. The quantitative estimate of drug-likeness (QED) is 0.376. The van der Waals surface area contributed by atoms with Gasteiger partial charge in [0.2, 0.25) is 5.56 Å². The molecule has 0 amide bonds. The monoisotopic (exact) mass is 139 g/mol. The zero-order valence-corrected chi connectivity index (χ0v) is 5.42. The summed E-state index contributed by atoms with van der Waals surface area (Å²) >= 11 is 0. The van der Waals surface area contributed by atoms with E-state index in [1.54, 1.807) is 12.3 Å². The molecular weight excluding hydrogens is 130 g/mol. The van der Waals surface area contributed by atoms with Gasteiger partial charge >= 0.3 is 0 Å². The van der Waals surface area contributed by atoms with Gasteiger partial charge in [0.15, 0.2) is 0 Å². The lowest BCUT2D eigenvalue weighted by Crippen LogP contribution is -2.21. The maximum atomic E-state index is 10.5. The molecule has 0 spiro atoms. The van der Waals surface area contributed by atoms with Crippen molar-refractivity contribution in [2.24, 2.45) is 5.84 Å². The third-order valence-corrected chi connectivity index (χ3v) is 1.15. The lowest BCUT2D eigenvalue weighted by Gasteiger charge is -1.95. The number of hydrogen-bond acceptors (Lipinski definition) is 3. The van der Waals surface area contributed by atoms with E-state index in [0.29, 0.717) is 6.54 Å². The van der Waals surface area contributed by atoms with E-state index in [1.165, 1.54) is 6.07 Å². The van der Waals surface area contributed by atoms with Crippen molar-refractivity contribution in [1.82, 2.24) is 10.4 Å². The molecule has 4 heteroatoms. The number of pyridine rings is 1. The second-order valence-corrected chi connectivity index (χ2v) is 1.94. The summed E-state index contributed by atoms with van der Waals surface area (Å²) in [5.74, 6) is 5.06. The topological polar surface area (TPSA) is 70.9 Å². The molecule has 0 aromatic carbocycles. The van der Waals surface area contributed by atoms with Crippen molar-refractivity contribution in [3.8, 4) is 0 Å². The van der Waals surface area contributed by atoms with Gasteiger partial charge in [0.05, 0.1) is 0 Å². The van der Waals surface area contributed by atoms with Crippen molar-refractivity contribution in [1.29, 1.82) is 0 Å². The molecule has 0 atom stereocenters. The fourth-order valence-corrected chi connectivity index (χ4v) is 0.671. The minimum atomic E-state index is -0.0965. The molecule has 0 radical (unpaired) electrons. The molecule has 0 fully saturated rings. The maximum Gasteiger partial charge on any atom is 0.247 e. The Hall–Kier alpha value is -1.13. The minimum absolute atomic E-state index is 0.0965. The number of rotatable bonds is 2. The summed E-state index contributed by atoms with van der Waals surface area (Å²) in [6.45, 7) is 0.566. The normalized spacial score (nSPS) is 9.70. The van der Waals surface area contributed by atoms with E-state index < -0.39 is 0 Å². The van der Waals surface area contributed by atoms with Crippen LogP contribution in [0, 0.1) is 0 Å². The van der Waals surface area contributed by atoms with Crippen LogP contribution < -0.4 is 16.8 Å². The van der Waals surface area contributed by atoms with Gasteiger partial charge in [-0.1, -0.05) is 6.07 Å². The Bertz CT molecular complexity index is 235. The minimum Gasteiger partial charge on any atom is -0.329 e. The van der Waals surface area contributed by atoms with Gasteiger partial charge in [-0.05, 0) is 5.56 Å². The molecule has 10 heavy (non-hydrogen) atoms. The molecule has 1 aromatic rings. The lowest BCUT2D eigenvalue weighted by molar-refractivity contribution is 0.738. The highest BCUT2D eigenvalue weighted by Crippen LogP contribution is 1.89. The van der Waals surface area contributed by atoms with Gasteiger partial charge in [-0.2, -0.15) is 0 Å². The fourth-order valence-electron chi connectivity index (χ4n) is 0.671. The van der Waals surface area contributed by atoms with Crippen LogP contribution in [0.3, 0.4) is 0 Å². The Kier molecular flexibility index (Phi) is 2.20. The summed E-state index contributed by atoms with van der Waals surface area (Å²) in [7, 11) is 0. The van der Waals surface area contributed by atoms with E-state index in [9.17, 15) is 4.79 Å². The van der Waals surface area contributed by atoms with Gasteiger partial charge in [-0.3, -0.25) is 16.1 Å². The first-order valence-electron chi connectivity index (χ1n) is 2.94. The molecule has 4 N–H and O–H groups in total. The predicted octanol–water partition coefficient (Wildman–Crippen LogP) is -0.662. The molecule has 0 unspecified atom stereocenters. The van der Waals surface area contributed by atoms with Gasteiger partial charge in [0.1, 0.15) is 0 Å². The van der Waals surface area contributed by atoms with Gasteiger partial charge in [0, 0.05) is 18.8 Å². The molecule has 0 bridgehead atoms. The van der Waals surface area contributed by atoms with Crippen molar-refractivity contribution < 1.29 is 0 Å². The van der Waals surface area contributed by atoms with Crippen LogP contribution >= 0.6 is 0 Å². The Morgan fingerprint density at radius 1 is 1.60 bits per heavy atom. The highest BCUT2D eigenvalue weighted by Gasteiger charge is 1.87. The number of H-pyrrole nitrogens is 1. The van der Waals surface area contributed by atoms with E-state index in [1.807, 2.05) is 0 Å². The van der Waals surface area contributed by atoms with Gasteiger partial charge in [-0.15, -0.1) is 0 Å². The maximum absolute atomic E-state index is 10.5. The molecule has 0 saturated carbocycles. The molecule has 0 aliphatic rings. The summed E-state index contributed by atoms with van der Waals surface area (Å²) < 4.78 is 0. The van der Waals surface area contributed by atoms with E-state index in [0.717, 1.165) is 5.56 Å². The number of nitrogens with one attached hydrogen (secondary N) is 2. The summed E-state index contributed by atoms with van der Waals surface area (Å²) in [4.78, 5) is 13.1. The van der Waals surface area contributed by atoms with E-state index >= 15 is 0 Å². The summed E-state index contributed by atoms with van der Waals surface area (Å²) in [6, 6.07) is 3.19. The van der Waals surface area contributed by atoms with Crippen molar-refractivity contribution in [3.63, 3.8) is 0 Å².